The highest BCUT2D eigenvalue weighted by Crippen LogP contribution is 2.26. The summed E-state index contributed by atoms with van der Waals surface area (Å²) in [6, 6.07) is 5.68. The van der Waals surface area contributed by atoms with Crippen LogP contribution in [0.4, 0.5) is 0 Å². The zero-order valence-electron chi connectivity index (χ0n) is 13.1. The number of nitrogens with one attached hydrogen (secondary N) is 1. The number of carbonyl (C=O) groups is 1. The van der Waals surface area contributed by atoms with Gasteiger partial charge in [0.15, 0.2) is 5.11 Å². The molecule has 1 heterocycles. The fourth-order valence-electron chi connectivity index (χ4n) is 2.22. The number of methoxy groups -OCH3 is 1. The van der Waals surface area contributed by atoms with Gasteiger partial charge in [-0.25, -0.2) is 0 Å². The molecule has 1 saturated heterocycles. The van der Waals surface area contributed by atoms with Gasteiger partial charge in [0.05, 0.1) is 6.61 Å². The van der Waals surface area contributed by atoms with Gasteiger partial charge in [0.1, 0.15) is 11.4 Å². The Bertz CT molecular complexity index is 634. The third-order valence-corrected chi connectivity index (χ3v) is 4.08. The molecular weight excluding hydrogens is 380 g/mol. The van der Waals surface area contributed by atoms with Crippen molar-refractivity contribution in [3.63, 3.8) is 0 Å². The van der Waals surface area contributed by atoms with Gasteiger partial charge in [0.25, 0.3) is 5.91 Å². The van der Waals surface area contributed by atoms with Crippen LogP contribution in [0.5, 0.6) is 5.75 Å². The summed E-state index contributed by atoms with van der Waals surface area (Å²) in [6.07, 6.45) is 2.50. The van der Waals surface area contributed by atoms with Crippen molar-refractivity contribution in [3.05, 3.63) is 33.9 Å². The lowest BCUT2D eigenvalue weighted by Crippen LogP contribution is -2.32. The summed E-state index contributed by atoms with van der Waals surface area (Å²) in [7, 11) is 1.64. The number of rotatable bonds is 7. The van der Waals surface area contributed by atoms with Gasteiger partial charge in [0, 0.05) is 30.3 Å². The third kappa shape index (κ3) is 4.53. The number of thiocarbonyl (C=S) groups is 1. The SMILES string of the molecule is CCOc1ccc(Br)cc1/C=C1/NC(=S)N(CCCOC)C1=O. The zero-order chi connectivity index (χ0) is 16.8. The second-order valence-electron chi connectivity index (χ2n) is 4.91. The van der Waals surface area contributed by atoms with E-state index in [1.807, 2.05) is 25.1 Å². The standard InChI is InChI=1S/C16H19BrN2O3S/c1-3-22-14-6-5-12(17)9-11(14)10-13-15(20)19(16(23)18-13)7-4-8-21-2/h5-6,9-10H,3-4,7-8H2,1-2H3,(H,18,23)/b13-10+. The number of amides is 1. The second-order valence-corrected chi connectivity index (χ2v) is 6.21. The molecule has 1 amide bonds. The smallest absolute Gasteiger partial charge is 0.276 e. The molecule has 1 aliphatic heterocycles. The number of hydrogen-bond acceptors (Lipinski definition) is 4. The first-order valence-electron chi connectivity index (χ1n) is 7.32. The molecule has 124 valence electrons. The molecule has 1 aromatic rings. The van der Waals surface area contributed by atoms with E-state index in [-0.39, 0.29) is 5.91 Å². The molecule has 0 spiro atoms. The maximum Gasteiger partial charge on any atom is 0.276 e. The Morgan fingerprint density at radius 3 is 2.91 bits per heavy atom. The molecule has 0 unspecified atom stereocenters. The molecule has 0 atom stereocenters. The Labute approximate surface area is 149 Å². The zero-order valence-corrected chi connectivity index (χ0v) is 15.5. The van der Waals surface area contributed by atoms with Gasteiger partial charge >= 0.3 is 0 Å². The largest absolute Gasteiger partial charge is 0.493 e. The molecule has 0 radical (unpaired) electrons. The summed E-state index contributed by atoms with van der Waals surface area (Å²) in [5, 5.41) is 3.40. The second kappa shape index (κ2) is 8.42. The first-order valence-corrected chi connectivity index (χ1v) is 8.52. The van der Waals surface area contributed by atoms with Crippen LogP contribution in [0.15, 0.2) is 28.4 Å². The Kier molecular flexibility index (Phi) is 6.56. The molecule has 7 heteroatoms. The van der Waals surface area contributed by atoms with Gasteiger partial charge in [0.2, 0.25) is 0 Å². The van der Waals surface area contributed by atoms with Crippen LogP contribution in [-0.4, -0.2) is 42.8 Å². The van der Waals surface area contributed by atoms with Crippen LogP contribution >= 0.6 is 28.1 Å². The van der Waals surface area contributed by atoms with E-state index < -0.39 is 0 Å². The third-order valence-electron chi connectivity index (χ3n) is 3.26. The lowest BCUT2D eigenvalue weighted by Gasteiger charge is -2.13. The van der Waals surface area contributed by atoms with Crippen molar-refractivity contribution in [1.82, 2.24) is 10.2 Å². The highest BCUT2D eigenvalue weighted by molar-refractivity contribution is 9.10. The number of hydrogen-bond donors (Lipinski definition) is 1. The van der Waals surface area contributed by atoms with E-state index in [0.29, 0.717) is 30.6 Å². The number of carbonyl (C=O) groups excluding carboxylic acids is 1. The fraction of sp³-hybridized carbons (Fsp3) is 0.375. The van der Waals surface area contributed by atoms with Gasteiger partial charge in [-0.05, 0) is 49.8 Å². The van der Waals surface area contributed by atoms with E-state index in [4.69, 9.17) is 21.7 Å². The Morgan fingerprint density at radius 2 is 2.22 bits per heavy atom. The van der Waals surface area contributed by atoms with Crippen molar-refractivity contribution in [2.75, 3.05) is 26.9 Å². The Balaban J connectivity index is 2.22. The van der Waals surface area contributed by atoms with Crippen molar-refractivity contribution >= 4 is 45.2 Å². The number of ether oxygens (including phenoxy) is 2. The van der Waals surface area contributed by atoms with Crippen LogP contribution < -0.4 is 10.1 Å². The van der Waals surface area contributed by atoms with Gasteiger partial charge in [-0.2, -0.15) is 0 Å². The molecule has 1 fully saturated rings. The summed E-state index contributed by atoms with van der Waals surface area (Å²) in [5.74, 6) is 0.593. The molecule has 23 heavy (non-hydrogen) atoms. The molecule has 1 aromatic carbocycles. The summed E-state index contributed by atoms with van der Waals surface area (Å²) in [4.78, 5) is 14.0. The summed E-state index contributed by atoms with van der Waals surface area (Å²) < 4.78 is 11.5. The van der Waals surface area contributed by atoms with Crippen LogP contribution in [0.1, 0.15) is 18.9 Å². The Hall–Kier alpha value is -1.44. The van der Waals surface area contributed by atoms with E-state index in [1.165, 1.54) is 0 Å². The summed E-state index contributed by atoms with van der Waals surface area (Å²) in [6.45, 7) is 3.60. The number of nitrogens with zero attached hydrogens (tertiary/aromatic N) is 1. The highest BCUT2D eigenvalue weighted by Gasteiger charge is 2.30. The van der Waals surface area contributed by atoms with Crippen molar-refractivity contribution in [1.29, 1.82) is 0 Å². The van der Waals surface area contributed by atoms with E-state index in [1.54, 1.807) is 18.1 Å². The van der Waals surface area contributed by atoms with Crippen LogP contribution in [0.3, 0.4) is 0 Å². The molecule has 2 rings (SSSR count). The van der Waals surface area contributed by atoms with E-state index in [9.17, 15) is 4.79 Å². The lowest BCUT2D eigenvalue weighted by molar-refractivity contribution is -0.122. The van der Waals surface area contributed by atoms with Crippen molar-refractivity contribution in [3.8, 4) is 5.75 Å². The minimum Gasteiger partial charge on any atom is -0.493 e. The van der Waals surface area contributed by atoms with Gasteiger partial charge in [-0.1, -0.05) is 15.9 Å². The minimum atomic E-state index is -0.131. The van der Waals surface area contributed by atoms with Crippen LogP contribution in [0, 0.1) is 0 Å². The van der Waals surface area contributed by atoms with Crippen molar-refractivity contribution in [2.45, 2.75) is 13.3 Å². The van der Waals surface area contributed by atoms with Crippen LogP contribution in [-0.2, 0) is 9.53 Å². The quantitative estimate of drug-likeness (QED) is 0.434. The molecule has 0 aromatic heterocycles. The maximum absolute atomic E-state index is 12.5. The first-order chi connectivity index (χ1) is 11.1. The van der Waals surface area contributed by atoms with Crippen LogP contribution in [0.2, 0.25) is 0 Å². The average Bonchev–Trinajstić information content (AvgIpc) is 2.78. The molecule has 1 aliphatic rings. The summed E-state index contributed by atoms with van der Waals surface area (Å²) in [5.41, 5.74) is 1.27. The van der Waals surface area contributed by atoms with Crippen molar-refractivity contribution in [2.24, 2.45) is 0 Å². The topological polar surface area (TPSA) is 50.8 Å². The van der Waals surface area contributed by atoms with E-state index in [0.717, 1.165) is 22.2 Å². The highest BCUT2D eigenvalue weighted by atomic mass is 79.9. The van der Waals surface area contributed by atoms with E-state index in [2.05, 4.69) is 21.2 Å². The fourth-order valence-corrected chi connectivity index (χ4v) is 2.88. The molecule has 0 bridgehead atoms. The molecular formula is C16H19BrN2O3S. The normalized spacial score (nSPS) is 16.1. The first kappa shape index (κ1) is 17.9. The minimum absolute atomic E-state index is 0.131. The van der Waals surface area contributed by atoms with Crippen LogP contribution in [0.25, 0.3) is 6.08 Å². The van der Waals surface area contributed by atoms with E-state index >= 15 is 0 Å². The maximum atomic E-state index is 12.5. The predicted octanol–water partition coefficient (Wildman–Crippen LogP) is 2.94. The summed E-state index contributed by atoms with van der Waals surface area (Å²) >= 11 is 8.68. The van der Waals surface area contributed by atoms with Gasteiger partial charge < -0.3 is 14.8 Å². The number of benzene rings is 1. The average molecular weight is 399 g/mol. The molecule has 5 nitrogen and oxygen atoms in total. The number of halogens is 1. The molecule has 0 saturated carbocycles. The Morgan fingerprint density at radius 1 is 1.43 bits per heavy atom. The van der Waals surface area contributed by atoms with Gasteiger partial charge in [-0.15, -0.1) is 0 Å². The predicted molar refractivity (Wildman–Crippen MR) is 97.2 cm³/mol. The monoisotopic (exact) mass is 398 g/mol. The molecule has 1 N–H and O–H groups in total. The van der Waals surface area contributed by atoms with Crippen molar-refractivity contribution < 1.29 is 14.3 Å². The lowest BCUT2D eigenvalue weighted by atomic mass is 10.1. The molecule has 0 aliphatic carbocycles. The van der Waals surface area contributed by atoms with Gasteiger partial charge in [-0.3, -0.25) is 9.69 Å².